The second kappa shape index (κ2) is 25.9. The van der Waals surface area contributed by atoms with E-state index in [-0.39, 0.29) is 24.9 Å². The van der Waals surface area contributed by atoms with Crippen LogP contribution in [-0.2, 0) is 28.7 Å². The van der Waals surface area contributed by atoms with Crippen molar-refractivity contribution >= 4 is 35.1 Å². The van der Waals surface area contributed by atoms with Gasteiger partial charge in [0, 0.05) is 24.6 Å². The highest BCUT2D eigenvalue weighted by Gasteiger charge is 2.30. The van der Waals surface area contributed by atoms with Crippen LogP contribution in [0.15, 0.2) is 48.5 Å². The Morgan fingerprint density at radius 2 is 1.31 bits per heavy atom. The summed E-state index contributed by atoms with van der Waals surface area (Å²) in [5.41, 5.74) is 0.805. The molecule has 2 aromatic rings. The summed E-state index contributed by atoms with van der Waals surface area (Å²) in [6.07, 6.45) is 16.4. The average molecular weight is 683 g/mol. The lowest BCUT2D eigenvalue weighted by molar-refractivity contribution is -0.152. The number of amides is 2. The van der Waals surface area contributed by atoms with Crippen LogP contribution >= 0.6 is 0 Å². The SMILES string of the molecule is CCCCCCCCCCCCCCCC(=O)Nc1ccc(NC(=O)C(Oc2ccccc2)C(=O)OC)cc1OCCCCC(=O)OCC. The average Bonchev–Trinajstić information content (AvgIpc) is 3.10. The highest BCUT2D eigenvalue weighted by molar-refractivity contribution is 6.08. The summed E-state index contributed by atoms with van der Waals surface area (Å²) in [5.74, 6) is -1.26. The third-order valence-corrected chi connectivity index (χ3v) is 8.02. The number of hydrogen-bond donors (Lipinski definition) is 2. The third-order valence-electron chi connectivity index (χ3n) is 8.02. The molecule has 0 bridgehead atoms. The van der Waals surface area contributed by atoms with Gasteiger partial charge in [0.05, 0.1) is 26.0 Å². The zero-order valence-corrected chi connectivity index (χ0v) is 29.9. The zero-order valence-electron chi connectivity index (χ0n) is 29.9. The second-order valence-electron chi connectivity index (χ2n) is 12.2. The molecule has 0 saturated heterocycles. The summed E-state index contributed by atoms with van der Waals surface area (Å²) in [6.45, 7) is 4.63. The Morgan fingerprint density at radius 1 is 0.694 bits per heavy atom. The van der Waals surface area contributed by atoms with Crippen LogP contribution in [0.2, 0.25) is 0 Å². The summed E-state index contributed by atoms with van der Waals surface area (Å²) in [7, 11) is 1.18. The smallest absolute Gasteiger partial charge is 0.357 e. The minimum absolute atomic E-state index is 0.117. The summed E-state index contributed by atoms with van der Waals surface area (Å²) < 4.78 is 21.4. The number of ether oxygens (including phenoxy) is 4. The zero-order chi connectivity index (χ0) is 35.5. The summed E-state index contributed by atoms with van der Waals surface area (Å²) >= 11 is 0. The van der Waals surface area contributed by atoms with Crippen molar-refractivity contribution in [3.63, 3.8) is 0 Å². The maximum atomic E-state index is 13.1. The van der Waals surface area contributed by atoms with E-state index in [2.05, 4.69) is 17.6 Å². The third kappa shape index (κ3) is 18.3. The van der Waals surface area contributed by atoms with E-state index >= 15 is 0 Å². The lowest BCUT2D eigenvalue weighted by atomic mass is 10.0. The number of unbranched alkanes of at least 4 members (excludes halogenated alkanes) is 13. The van der Waals surface area contributed by atoms with Gasteiger partial charge in [0.15, 0.2) is 0 Å². The van der Waals surface area contributed by atoms with E-state index in [0.717, 1.165) is 19.3 Å². The highest BCUT2D eigenvalue weighted by atomic mass is 16.6. The van der Waals surface area contributed by atoms with Gasteiger partial charge >= 0.3 is 11.9 Å². The first-order chi connectivity index (χ1) is 23.9. The molecule has 0 spiro atoms. The molecule has 0 radical (unpaired) electrons. The van der Waals surface area contributed by atoms with E-state index in [1.807, 2.05) is 0 Å². The largest absolute Gasteiger partial charge is 0.491 e. The van der Waals surface area contributed by atoms with Gasteiger partial charge < -0.3 is 29.6 Å². The number of carbonyl (C=O) groups is 4. The van der Waals surface area contributed by atoms with Gasteiger partial charge in [-0.05, 0) is 50.5 Å². The topological polar surface area (TPSA) is 129 Å². The monoisotopic (exact) mass is 682 g/mol. The molecule has 0 fully saturated rings. The molecule has 272 valence electrons. The Hall–Kier alpha value is -4.08. The lowest BCUT2D eigenvalue weighted by Crippen LogP contribution is -2.40. The number of rotatable bonds is 27. The van der Waals surface area contributed by atoms with Crippen LogP contribution < -0.4 is 20.1 Å². The van der Waals surface area contributed by atoms with Crippen molar-refractivity contribution in [2.45, 2.75) is 129 Å². The van der Waals surface area contributed by atoms with Crippen LogP contribution in [0.1, 0.15) is 123 Å². The molecule has 10 nitrogen and oxygen atoms in total. The molecule has 2 amide bonds. The molecule has 0 heterocycles. The Bertz CT molecular complexity index is 1240. The number of esters is 2. The quantitative estimate of drug-likeness (QED) is 0.0544. The van der Waals surface area contributed by atoms with Crippen molar-refractivity contribution in [1.29, 1.82) is 0 Å². The first-order valence-corrected chi connectivity index (χ1v) is 18.2. The molecule has 0 saturated carbocycles. The fourth-order valence-electron chi connectivity index (χ4n) is 5.28. The van der Waals surface area contributed by atoms with E-state index in [1.165, 1.54) is 71.3 Å². The minimum Gasteiger partial charge on any atom is -0.491 e. The number of anilines is 2. The predicted octanol–water partition coefficient (Wildman–Crippen LogP) is 8.78. The molecule has 1 unspecified atom stereocenters. The predicted molar refractivity (Wildman–Crippen MR) is 193 cm³/mol. The Kier molecular flexibility index (Phi) is 21.7. The number of para-hydroxylation sites is 1. The van der Waals surface area contributed by atoms with E-state index in [0.29, 0.717) is 48.7 Å². The van der Waals surface area contributed by atoms with Gasteiger partial charge in [0.1, 0.15) is 11.5 Å². The van der Waals surface area contributed by atoms with Crippen LogP contribution in [-0.4, -0.2) is 50.2 Å². The highest BCUT2D eigenvalue weighted by Crippen LogP contribution is 2.29. The maximum Gasteiger partial charge on any atom is 0.357 e. The molecule has 1 atom stereocenters. The number of hydrogen-bond acceptors (Lipinski definition) is 8. The molecule has 2 aromatic carbocycles. The van der Waals surface area contributed by atoms with Crippen molar-refractivity contribution in [3.8, 4) is 11.5 Å². The molecule has 0 aromatic heterocycles. The number of methoxy groups -OCH3 is 1. The molecule has 0 aliphatic rings. The van der Waals surface area contributed by atoms with Crippen molar-refractivity contribution < 1.29 is 38.1 Å². The summed E-state index contributed by atoms with van der Waals surface area (Å²) in [6, 6.07) is 13.4. The van der Waals surface area contributed by atoms with Crippen molar-refractivity contribution in [3.05, 3.63) is 48.5 Å². The van der Waals surface area contributed by atoms with E-state index in [9.17, 15) is 19.2 Å². The molecule has 0 aliphatic heterocycles. The number of nitrogens with one attached hydrogen (secondary N) is 2. The van der Waals surface area contributed by atoms with Gasteiger partial charge in [-0.1, -0.05) is 102 Å². The van der Waals surface area contributed by atoms with Gasteiger partial charge in [-0.2, -0.15) is 0 Å². The van der Waals surface area contributed by atoms with Crippen molar-refractivity contribution in [2.75, 3.05) is 31.0 Å². The minimum atomic E-state index is -1.54. The Labute approximate surface area is 293 Å². The van der Waals surface area contributed by atoms with Crippen molar-refractivity contribution in [1.82, 2.24) is 0 Å². The fourth-order valence-corrected chi connectivity index (χ4v) is 5.28. The van der Waals surface area contributed by atoms with Gasteiger partial charge in [0.25, 0.3) is 12.0 Å². The van der Waals surface area contributed by atoms with Gasteiger partial charge in [0.2, 0.25) is 5.91 Å². The molecule has 2 rings (SSSR count). The number of benzene rings is 2. The van der Waals surface area contributed by atoms with Gasteiger partial charge in [-0.15, -0.1) is 0 Å². The number of carbonyl (C=O) groups excluding carboxylic acids is 4. The fraction of sp³-hybridized carbons (Fsp3) is 0.590. The molecular formula is C39H58N2O8. The maximum absolute atomic E-state index is 13.1. The molecule has 10 heteroatoms. The van der Waals surface area contributed by atoms with Crippen molar-refractivity contribution in [2.24, 2.45) is 0 Å². The molecular weight excluding hydrogens is 624 g/mol. The summed E-state index contributed by atoms with van der Waals surface area (Å²) in [5, 5.41) is 5.63. The van der Waals surface area contributed by atoms with Crippen LogP contribution in [0.25, 0.3) is 0 Å². The van der Waals surface area contributed by atoms with E-state index in [1.54, 1.807) is 55.5 Å². The van der Waals surface area contributed by atoms with Crippen LogP contribution in [0.4, 0.5) is 11.4 Å². The van der Waals surface area contributed by atoms with E-state index < -0.39 is 18.0 Å². The van der Waals surface area contributed by atoms with Crippen LogP contribution in [0, 0.1) is 0 Å². The lowest BCUT2D eigenvalue weighted by Gasteiger charge is -2.18. The van der Waals surface area contributed by atoms with Gasteiger partial charge in [-0.3, -0.25) is 14.4 Å². The molecule has 49 heavy (non-hydrogen) atoms. The first kappa shape index (κ1) is 41.1. The van der Waals surface area contributed by atoms with Gasteiger partial charge in [-0.25, -0.2) is 4.79 Å². The van der Waals surface area contributed by atoms with Crippen LogP contribution in [0.5, 0.6) is 11.5 Å². The van der Waals surface area contributed by atoms with E-state index in [4.69, 9.17) is 18.9 Å². The standard InChI is InChI=1S/C39H58N2O8/c1-4-6-7-8-9-10-11-12-13-14-15-16-20-25-35(42)41-33-28-27-31(30-34(33)48-29-22-21-26-36(43)47-5-2)40-38(44)37(39(45)46-3)49-32-23-18-17-19-24-32/h17-19,23-24,27-28,30,37H,4-16,20-22,25-26,29H2,1-3H3,(H,40,44)(H,41,42). The molecule has 2 N–H and O–H groups in total. The Morgan fingerprint density at radius 3 is 1.92 bits per heavy atom. The first-order valence-electron chi connectivity index (χ1n) is 18.2. The van der Waals surface area contributed by atoms with Crippen LogP contribution in [0.3, 0.4) is 0 Å². The normalized spacial score (nSPS) is 11.3. The Balaban J connectivity index is 1.91. The second-order valence-corrected chi connectivity index (χ2v) is 12.2. The molecule has 0 aliphatic carbocycles. The summed E-state index contributed by atoms with van der Waals surface area (Å²) in [4.78, 5) is 50.1.